The van der Waals surface area contributed by atoms with Gasteiger partial charge in [0, 0.05) is 25.6 Å². The van der Waals surface area contributed by atoms with Crippen LogP contribution in [-0.2, 0) is 13.2 Å². The minimum absolute atomic E-state index is 0.0605. The molecule has 1 saturated heterocycles. The zero-order valence-corrected chi connectivity index (χ0v) is 16.2. The summed E-state index contributed by atoms with van der Waals surface area (Å²) in [7, 11) is 0. The Balaban J connectivity index is 1.30. The molecule has 0 bridgehead atoms. The van der Waals surface area contributed by atoms with Crippen molar-refractivity contribution in [3.05, 3.63) is 77.9 Å². The SMILES string of the molecule is O=C(NCc1ccccc1)N1CCCC(c2noc(COc3ccccc3)n2)C1. The summed E-state index contributed by atoms with van der Waals surface area (Å²) < 4.78 is 11.0. The molecule has 1 aliphatic heterocycles. The Morgan fingerprint density at radius 2 is 1.90 bits per heavy atom. The van der Waals surface area contributed by atoms with Gasteiger partial charge < -0.3 is 19.5 Å². The number of piperidine rings is 1. The third-order valence-corrected chi connectivity index (χ3v) is 4.95. The van der Waals surface area contributed by atoms with E-state index in [2.05, 4.69) is 15.5 Å². The number of urea groups is 1. The lowest BCUT2D eigenvalue weighted by molar-refractivity contribution is 0.177. The average Bonchev–Trinajstić information content (AvgIpc) is 3.27. The molecule has 2 heterocycles. The highest BCUT2D eigenvalue weighted by atomic mass is 16.5. The van der Waals surface area contributed by atoms with Gasteiger partial charge in [-0.25, -0.2) is 4.79 Å². The maximum absolute atomic E-state index is 12.5. The van der Waals surface area contributed by atoms with Gasteiger partial charge in [-0.1, -0.05) is 53.7 Å². The molecule has 0 spiro atoms. The lowest BCUT2D eigenvalue weighted by Crippen LogP contribution is -2.44. The summed E-state index contributed by atoms with van der Waals surface area (Å²) >= 11 is 0. The highest BCUT2D eigenvalue weighted by molar-refractivity contribution is 5.74. The first-order chi connectivity index (χ1) is 14.3. The zero-order chi connectivity index (χ0) is 19.9. The summed E-state index contributed by atoms with van der Waals surface area (Å²) in [6.07, 6.45) is 1.84. The summed E-state index contributed by atoms with van der Waals surface area (Å²) in [6, 6.07) is 19.3. The number of hydrogen-bond acceptors (Lipinski definition) is 5. The number of carbonyl (C=O) groups excluding carboxylic acids is 1. The molecule has 0 saturated carbocycles. The molecule has 4 rings (SSSR count). The molecule has 1 aliphatic rings. The Hall–Kier alpha value is -3.35. The second kappa shape index (κ2) is 9.23. The van der Waals surface area contributed by atoms with E-state index in [1.807, 2.05) is 65.6 Å². The van der Waals surface area contributed by atoms with Crippen molar-refractivity contribution < 1.29 is 14.1 Å². The predicted octanol–water partition coefficient (Wildman–Crippen LogP) is 3.74. The molecule has 7 heteroatoms. The predicted molar refractivity (Wildman–Crippen MR) is 107 cm³/mol. The van der Waals surface area contributed by atoms with E-state index in [0.717, 1.165) is 30.7 Å². The van der Waals surface area contributed by atoms with E-state index in [1.54, 1.807) is 0 Å². The van der Waals surface area contributed by atoms with Crippen molar-refractivity contribution in [2.75, 3.05) is 13.1 Å². The molecule has 1 unspecified atom stereocenters. The molecule has 1 atom stereocenters. The maximum atomic E-state index is 12.5. The first-order valence-electron chi connectivity index (χ1n) is 9.85. The van der Waals surface area contributed by atoms with Crippen LogP contribution in [0.1, 0.15) is 36.0 Å². The third kappa shape index (κ3) is 5.13. The lowest BCUT2D eigenvalue weighted by atomic mass is 9.98. The molecule has 29 heavy (non-hydrogen) atoms. The molecule has 1 N–H and O–H groups in total. The van der Waals surface area contributed by atoms with Crippen LogP contribution in [0.5, 0.6) is 5.75 Å². The number of benzene rings is 2. The Labute approximate surface area is 169 Å². The van der Waals surface area contributed by atoms with Gasteiger partial charge in [0.15, 0.2) is 12.4 Å². The van der Waals surface area contributed by atoms with E-state index in [4.69, 9.17) is 9.26 Å². The maximum Gasteiger partial charge on any atom is 0.317 e. The Kier molecular flexibility index (Phi) is 6.04. The molecule has 1 aromatic heterocycles. The van der Waals surface area contributed by atoms with Crippen LogP contribution in [0.15, 0.2) is 65.2 Å². The van der Waals surface area contributed by atoms with E-state index in [0.29, 0.717) is 24.8 Å². The first-order valence-corrected chi connectivity index (χ1v) is 9.85. The van der Waals surface area contributed by atoms with Gasteiger partial charge in [0.25, 0.3) is 5.89 Å². The number of hydrogen-bond donors (Lipinski definition) is 1. The van der Waals surface area contributed by atoms with Gasteiger partial charge in [0.2, 0.25) is 0 Å². The van der Waals surface area contributed by atoms with Crippen LogP contribution in [0.25, 0.3) is 0 Å². The van der Waals surface area contributed by atoms with Crippen LogP contribution < -0.4 is 10.1 Å². The zero-order valence-electron chi connectivity index (χ0n) is 16.2. The van der Waals surface area contributed by atoms with Crippen LogP contribution in [0, 0.1) is 0 Å². The van der Waals surface area contributed by atoms with Crippen molar-refractivity contribution in [1.82, 2.24) is 20.4 Å². The number of para-hydroxylation sites is 1. The van der Waals surface area contributed by atoms with Gasteiger partial charge in [0.05, 0.1) is 0 Å². The topological polar surface area (TPSA) is 80.5 Å². The van der Waals surface area contributed by atoms with Crippen LogP contribution in [0.3, 0.4) is 0 Å². The van der Waals surface area contributed by atoms with Crippen molar-refractivity contribution >= 4 is 6.03 Å². The standard InChI is InChI=1S/C22H24N4O3/c27-22(23-14-17-8-3-1-4-9-17)26-13-7-10-18(15-26)21-24-20(29-25-21)16-28-19-11-5-2-6-12-19/h1-6,8-9,11-12,18H,7,10,13-16H2,(H,23,27). The Bertz CT molecular complexity index is 914. The second-order valence-corrected chi connectivity index (χ2v) is 7.08. The molecule has 2 aromatic carbocycles. The molecule has 7 nitrogen and oxygen atoms in total. The third-order valence-electron chi connectivity index (χ3n) is 4.95. The Morgan fingerprint density at radius 3 is 2.69 bits per heavy atom. The summed E-state index contributed by atoms with van der Waals surface area (Å²) in [4.78, 5) is 18.8. The molecule has 0 radical (unpaired) electrons. The average molecular weight is 392 g/mol. The van der Waals surface area contributed by atoms with Crippen molar-refractivity contribution in [3.63, 3.8) is 0 Å². The molecule has 2 amide bonds. The quantitative estimate of drug-likeness (QED) is 0.691. The fourth-order valence-electron chi connectivity index (χ4n) is 3.41. The van der Waals surface area contributed by atoms with Crippen LogP contribution >= 0.6 is 0 Å². The van der Waals surface area contributed by atoms with Crippen molar-refractivity contribution in [2.45, 2.75) is 31.9 Å². The van der Waals surface area contributed by atoms with Gasteiger partial charge in [-0.3, -0.25) is 0 Å². The highest BCUT2D eigenvalue weighted by Gasteiger charge is 2.28. The number of nitrogens with zero attached hydrogens (tertiary/aromatic N) is 3. The van der Waals surface area contributed by atoms with Crippen LogP contribution in [0.4, 0.5) is 4.79 Å². The molecular weight excluding hydrogens is 368 g/mol. The van der Waals surface area contributed by atoms with E-state index in [9.17, 15) is 4.79 Å². The normalized spacial score (nSPS) is 16.4. The van der Waals surface area contributed by atoms with Crippen LogP contribution in [0.2, 0.25) is 0 Å². The van der Waals surface area contributed by atoms with Crippen molar-refractivity contribution in [2.24, 2.45) is 0 Å². The van der Waals surface area contributed by atoms with E-state index < -0.39 is 0 Å². The number of ether oxygens (including phenoxy) is 1. The van der Waals surface area contributed by atoms with Gasteiger partial charge in [0.1, 0.15) is 5.75 Å². The lowest BCUT2D eigenvalue weighted by Gasteiger charge is -2.31. The van der Waals surface area contributed by atoms with Gasteiger partial charge in [-0.05, 0) is 30.5 Å². The fourth-order valence-corrected chi connectivity index (χ4v) is 3.41. The number of nitrogens with one attached hydrogen (secondary N) is 1. The summed E-state index contributed by atoms with van der Waals surface area (Å²) in [5.74, 6) is 1.90. The number of amides is 2. The van der Waals surface area contributed by atoms with Gasteiger partial charge in [-0.2, -0.15) is 4.98 Å². The summed E-state index contributed by atoms with van der Waals surface area (Å²) in [5, 5.41) is 7.10. The monoisotopic (exact) mass is 392 g/mol. The summed E-state index contributed by atoms with van der Waals surface area (Å²) in [6.45, 7) is 2.06. The van der Waals surface area contributed by atoms with Crippen molar-refractivity contribution in [1.29, 1.82) is 0 Å². The fraction of sp³-hybridized carbons (Fsp3) is 0.318. The second-order valence-electron chi connectivity index (χ2n) is 7.08. The molecule has 150 valence electrons. The first kappa shape index (κ1) is 19.0. The van der Waals surface area contributed by atoms with Gasteiger partial charge >= 0.3 is 6.03 Å². The minimum atomic E-state index is -0.0605. The van der Waals surface area contributed by atoms with E-state index in [-0.39, 0.29) is 18.6 Å². The number of aromatic nitrogens is 2. The van der Waals surface area contributed by atoms with Gasteiger partial charge in [-0.15, -0.1) is 0 Å². The highest BCUT2D eigenvalue weighted by Crippen LogP contribution is 2.25. The van der Waals surface area contributed by atoms with E-state index >= 15 is 0 Å². The number of likely N-dealkylation sites (tertiary alicyclic amines) is 1. The largest absolute Gasteiger partial charge is 0.484 e. The van der Waals surface area contributed by atoms with Crippen LogP contribution in [-0.4, -0.2) is 34.2 Å². The number of rotatable bonds is 6. The molecule has 0 aliphatic carbocycles. The molecule has 3 aromatic rings. The Morgan fingerprint density at radius 1 is 1.14 bits per heavy atom. The number of carbonyl (C=O) groups is 1. The van der Waals surface area contributed by atoms with E-state index in [1.165, 1.54) is 0 Å². The smallest absolute Gasteiger partial charge is 0.317 e. The molecule has 1 fully saturated rings. The molecular formula is C22H24N4O3. The van der Waals surface area contributed by atoms with Crippen molar-refractivity contribution in [3.8, 4) is 5.75 Å². The summed E-state index contributed by atoms with van der Waals surface area (Å²) in [5.41, 5.74) is 1.08. The minimum Gasteiger partial charge on any atom is -0.484 e.